The van der Waals surface area contributed by atoms with Crippen molar-refractivity contribution in [1.29, 1.82) is 0 Å². The van der Waals surface area contributed by atoms with Crippen LogP contribution in [0.25, 0.3) is 0 Å². The lowest BCUT2D eigenvalue weighted by molar-refractivity contribution is -0.136. The molecule has 0 aliphatic carbocycles. The summed E-state index contributed by atoms with van der Waals surface area (Å²) in [6.45, 7) is 6.08. The number of piperazine rings is 1. The summed E-state index contributed by atoms with van der Waals surface area (Å²) in [6.07, 6.45) is 1.35. The highest BCUT2D eigenvalue weighted by Gasteiger charge is 2.27. The van der Waals surface area contributed by atoms with Crippen molar-refractivity contribution in [3.8, 4) is 0 Å². The number of rotatable bonds is 3. The molecule has 22 heavy (non-hydrogen) atoms. The van der Waals surface area contributed by atoms with Gasteiger partial charge in [0.05, 0.1) is 6.54 Å². The Labute approximate surface area is 131 Å². The summed E-state index contributed by atoms with van der Waals surface area (Å²) < 4.78 is 0. The second-order valence-corrected chi connectivity index (χ2v) is 6.18. The number of nitrogens with zero attached hydrogens (tertiary/aromatic N) is 3. The standard InChI is InChI=1S/C15H26N4O3/c1-12(20)18-5-3-13(4-6-18)15(22)16-11-14(21)19-9-7-17(2)8-10-19/h13H,3-11H2,1-2H3,(H,16,22). The van der Waals surface area contributed by atoms with Gasteiger partial charge < -0.3 is 20.0 Å². The van der Waals surface area contributed by atoms with Gasteiger partial charge in [-0.15, -0.1) is 0 Å². The number of likely N-dealkylation sites (N-methyl/N-ethyl adjacent to an activating group) is 1. The molecule has 2 aliphatic rings. The van der Waals surface area contributed by atoms with E-state index in [0.29, 0.717) is 25.9 Å². The molecule has 0 saturated carbocycles. The molecule has 2 saturated heterocycles. The molecule has 7 nitrogen and oxygen atoms in total. The van der Waals surface area contributed by atoms with Gasteiger partial charge >= 0.3 is 0 Å². The zero-order chi connectivity index (χ0) is 16.1. The largest absolute Gasteiger partial charge is 0.347 e. The summed E-state index contributed by atoms with van der Waals surface area (Å²) in [7, 11) is 2.04. The lowest BCUT2D eigenvalue weighted by Gasteiger charge is -2.33. The third kappa shape index (κ3) is 4.43. The van der Waals surface area contributed by atoms with Gasteiger partial charge in [0.2, 0.25) is 17.7 Å². The SMILES string of the molecule is CC(=O)N1CCC(C(=O)NCC(=O)N2CCN(C)CC2)CC1. The first-order valence-electron chi connectivity index (χ1n) is 7.97. The number of piperidine rings is 1. The summed E-state index contributed by atoms with van der Waals surface area (Å²) in [5.74, 6) is -0.103. The maximum absolute atomic E-state index is 12.1. The number of hydrogen-bond acceptors (Lipinski definition) is 4. The molecule has 0 aromatic carbocycles. The van der Waals surface area contributed by atoms with Crippen molar-refractivity contribution < 1.29 is 14.4 Å². The maximum Gasteiger partial charge on any atom is 0.242 e. The van der Waals surface area contributed by atoms with E-state index in [-0.39, 0.29) is 30.2 Å². The van der Waals surface area contributed by atoms with Crippen LogP contribution in [-0.2, 0) is 14.4 Å². The summed E-state index contributed by atoms with van der Waals surface area (Å²) in [6, 6.07) is 0. The fourth-order valence-corrected chi connectivity index (χ4v) is 2.93. The van der Waals surface area contributed by atoms with E-state index >= 15 is 0 Å². The second-order valence-electron chi connectivity index (χ2n) is 6.18. The zero-order valence-corrected chi connectivity index (χ0v) is 13.5. The molecule has 2 rings (SSSR count). The number of likely N-dealkylation sites (tertiary alicyclic amines) is 1. The predicted molar refractivity (Wildman–Crippen MR) is 82.1 cm³/mol. The monoisotopic (exact) mass is 310 g/mol. The van der Waals surface area contributed by atoms with Crippen molar-refractivity contribution in [2.24, 2.45) is 5.92 Å². The van der Waals surface area contributed by atoms with Crippen LogP contribution in [0, 0.1) is 5.92 Å². The minimum absolute atomic E-state index is 0.0115. The zero-order valence-electron chi connectivity index (χ0n) is 13.5. The van der Waals surface area contributed by atoms with Crippen molar-refractivity contribution >= 4 is 17.7 Å². The third-order valence-electron chi connectivity index (χ3n) is 4.58. The minimum atomic E-state index is -0.0871. The average molecular weight is 310 g/mol. The average Bonchev–Trinajstić information content (AvgIpc) is 2.53. The number of carbonyl (C=O) groups excluding carboxylic acids is 3. The molecule has 0 bridgehead atoms. The highest BCUT2D eigenvalue weighted by atomic mass is 16.2. The van der Waals surface area contributed by atoms with Crippen LogP contribution < -0.4 is 5.32 Å². The van der Waals surface area contributed by atoms with Gasteiger partial charge in [0.15, 0.2) is 0 Å². The molecule has 0 unspecified atom stereocenters. The van der Waals surface area contributed by atoms with Crippen LogP contribution in [0.4, 0.5) is 0 Å². The fourth-order valence-electron chi connectivity index (χ4n) is 2.93. The molecule has 0 aromatic rings. The van der Waals surface area contributed by atoms with E-state index in [2.05, 4.69) is 10.2 Å². The van der Waals surface area contributed by atoms with Crippen LogP contribution in [0.5, 0.6) is 0 Å². The van der Waals surface area contributed by atoms with Gasteiger partial charge in [-0.3, -0.25) is 14.4 Å². The molecule has 2 fully saturated rings. The first kappa shape index (κ1) is 16.7. The van der Waals surface area contributed by atoms with Gasteiger partial charge in [-0.25, -0.2) is 0 Å². The lowest BCUT2D eigenvalue weighted by atomic mass is 9.96. The third-order valence-corrected chi connectivity index (χ3v) is 4.58. The quantitative estimate of drug-likeness (QED) is 0.736. The van der Waals surface area contributed by atoms with E-state index in [4.69, 9.17) is 0 Å². The Hall–Kier alpha value is -1.63. The van der Waals surface area contributed by atoms with Crippen LogP contribution >= 0.6 is 0 Å². The van der Waals surface area contributed by atoms with Gasteiger partial charge in [-0.05, 0) is 19.9 Å². The van der Waals surface area contributed by atoms with E-state index in [1.54, 1.807) is 16.7 Å². The molecule has 0 spiro atoms. The number of hydrogen-bond donors (Lipinski definition) is 1. The number of amides is 3. The first-order valence-corrected chi connectivity index (χ1v) is 7.97. The molecule has 7 heteroatoms. The Morgan fingerprint density at radius 1 is 0.955 bits per heavy atom. The molecule has 3 amide bonds. The Morgan fingerprint density at radius 2 is 1.55 bits per heavy atom. The Morgan fingerprint density at radius 3 is 2.09 bits per heavy atom. The second kappa shape index (κ2) is 7.58. The van der Waals surface area contributed by atoms with Crippen molar-refractivity contribution in [3.63, 3.8) is 0 Å². The maximum atomic E-state index is 12.1. The van der Waals surface area contributed by atoms with E-state index in [1.807, 2.05) is 7.05 Å². The summed E-state index contributed by atoms with van der Waals surface area (Å²) in [5.41, 5.74) is 0. The molecular weight excluding hydrogens is 284 g/mol. The van der Waals surface area contributed by atoms with Crippen LogP contribution in [0.2, 0.25) is 0 Å². The smallest absolute Gasteiger partial charge is 0.242 e. The summed E-state index contributed by atoms with van der Waals surface area (Å²) in [4.78, 5) is 41.2. The Balaban J connectivity index is 1.69. The molecule has 0 radical (unpaired) electrons. The summed E-state index contributed by atoms with van der Waals surface area (Å²) >= 11 is 0. The van der Waals surface area contributed by atoms with Gasteiger partial charge in [-0.1, -0.05) is 0 Å². The highest BCUT2D eigenvalue weighted by molar-refractivity contribution is 5.86. The van der Waals surface area contributed by atoms with Gasteiger partial charge in [0.1, 0.15) is 0 Å². The molecule has 2 heterocycles. The highest BCUT2D eigenvalue weighted by Crippen LogP contribution is 2.17. The molecule has 0 aromatic heterocycles. The Kier molecular flexibility index (Phi) is 5.76. The first-order chi connectivity index (χ1) is 10.5. The van der Waals surface area contributed by atoms with E-state index < -0.39 is 0 Å². The van der Waals surface area contributed by atoms with Gasteiger partial charge in [-0.2, -0.15) is 0 Å². The van der Waals surface area contributed by atoms with Crippen LogP contribution in [-0.4, -0.2) is 85.3 Å². The molecule has 0 atom stereocenters. The van der Waals surface area contributed by atoms with Crippen molar-refractivity contribution in [2.75, 3.05) is 52.9 Å². The van der Waals surface area contributed by atoms with Crippen LogP contribution in [0.3, 0.4) is 0 Å². The molecular formula is C15H26N4O3. The van der Waals surface area contributed by atoms with Gasteiger partial charge in [0.25, 0.3) is 0 Å². The van der Waals surface area contributed by atoms with Crippen molar-refractivity contribution in [2.45, 2.75) is 19.8 Å². The van der Waals surface area contributed by atoms with E-state index in [9.17, 15) is 14.4 Å². The van der Waals surface area contributed by atoms with Crippen molar-refractivity contribution in [1.82, 2.24) is 20.0 Å². The normalized spacial score (nSPS) is 20.8. The fraction of sp³-hybridized carbons (Fsp3) is 0.800. The minimum Gasteiger partial charge on any atom is -0.347 e. The van der Waals surface area contributed by atoms with E-state index in [1.165, 1.54) is 0 Å². The molecule has 1 N–H and O–H groups in total. The van der Waals surface area contributed by atoms with Crippen molar-refractivity contribution in [3.05, 3.63) is 0 Å². The Bertz CT molecular complexity index is 425. The van der Waals surface area contributed by atoms with Gasteiger partial charge in [0, 0.05) is 52.1 Å². The molecule has 2 aliphatic heterocycles. The molecule has 124 valence electrons. The van der Waals surface area contributed by atoms with Crippen LogP contribution in [0.1, 0.15) is 19.8 Å². The lowest BCUT2D eigenvalue weighted by Crippen LogP contribution is -2.51. The van der Waals surface area contributed by atoms with Crippen LogP contribution in [0.15, 0.2) is 0 Å². The number of carbonyl (C=O) groups is 3. The predicted octanol–water partition coefficient (Wildman–Crippen LogP) is -0.865. The number of nitrogens with one attached hydrogen (secondary N) is 1. The summed E-state index contributed by atoms with van der Waals surface area (Å²) in [5, 5.41) is 2.76. The topological polar surface area (TPSA) is 73.0 Å². The van der Waals surface area contributed by atoms with E-state index in [0.717, 1.165) is 26.2 Å².